The van der Waals surface area contributed by atoms with Crippen molar-refractivity contribution in [2.24, 2.45) is 17.8 Å². The van der Waals surface area contributed by atoms with Crippen LogP contribution < -0.4 is 0 Å². The predicted octanol–water partition coefficient (Wildman–Crippen LogP) is 5.52. The standard InChI is InChI=1S/C16H17Cl3N2/c17-7-16-20-14-5-12(18)13(19)6-15(14)21(16)8-11(9-1-2-9)10-3-4-10/h5-6,9-11H,1-4,7-8H2. The highest BCUT2D eigenvalue weighted by molar-refractivity contribution is 6.42. The molecule has 0 spiro atoms. The van der Waals surface area contributed by atoms with E-state index in [0.717, 1.165) is 41.2 Å². The molecule has 0 bridgehead atoms. The Morgan fingerprint density at radius 3 is 2.29 bits per heavy atom. The Labute approximate surface area is 139 Å². The molecule has 1 heterocycles. The van der Waals surface area contributed by atoms with E-state index in [0.29, 0.717) is 15.9 Å². The number of hydrogen-bond acceptors (Lipinski definition) is 1. The molecule has 5 heteroatoms. The molecule has 2 aromatic rings. The highest BCUT2D eigenvalue weighted by Crippen LogP contribution is 2.50. The maximum Gasteiger partial charge on any atom is 0.124 e. The van der Waals surface area contributed by atoms with Gasteiger partial charge in [-0.3, -0.25) is 0 Å². The van der Waals surface area contributed by atoms with Gasteiger partial charge in [0.15, 0.2) is 0 Å². The highest BCUT2D eigenvalue weighted by atomic mass is 35.5. The average molecular weight is 344 g/mol. The summed E-state index contributed by atoms with van der Waals surface area (Å²) in [5.74, 6) is 3.93. The van der Waals surface area contributed by atoms with Gasteiger partial charge in [-0.25, -0.2) is 4.98 Å². The topological polar surface area (TPSA) is 17.8 Å². The van der Waals surface area contributed by atoms with Gasteiger partial charge in [0, 0.05) is 6.54 Å². The van der Waals surface area contributed by atoms with E-state index < -0.39 is 0 Å². The molecular formula is C16H17Cl3N2. The Bertz CT molecular complexity index is 674. The van der Waals surface area contributed by atoms with E-state index in [1.165, 1.54) is 25.7 Å². The van der Waals surface area contributed by atoms with Crippen LogP contribution in [0.15, 0.2) is 12.1 Å². The third kappa shape index (κ3) is 2.67. The second-order valence-electron chi connectivity index (χ2n) is 6.37. The van der Waals surface area contributed by atoms with Crippen LogP contribution in [0.1, 0.15) is 31.5 Å². The summed E-state index contributed by atoms with van der Waals surface area (Å²) in [4.78, 5) is 4.63. The number of rotatable bonds is 5. The summed E-state index contributed by atoms with van der Waals surface area (Å²) in [5, 5.41) is 1.14. The van der Waals surface area contributed by atoms with Crippen LogP contribution in [-0.2, 0) is 12.4 Å². The summed E-state index contributed by atoms with van der Waals surface area (Å²) in [6, 6.07) is 3.77. The van der Waals surface area contributed by atoms with E-state index in [1.54, 1.807) is 0 Å². The monoisotopic (exact) mass is 342 g/mol. The molecule has 0 radical (unpaired) electrons. The molecule has 0 unspecified atom stereocenters. The molecule has 4 rings (SSSR count). The number of aromatic nitrogens is 2. The van der Waals surface area contributed by atoms with Crippen LogP contribution in [0.2, 0.25) is 10.0 Å². The first kappa shape index (κ1) is 14.2. The molecule has 2 fully saturated rings. The quantitative estimate of drug-likeness (QED) is 0.654. The fourth-order valence-corrected chi connectivity index (χ4v) is 3.94. The van der Waals surface area contributed by atoms with E-state index in [4.69, 9.17) is 34.8 Å². The molecule has 1 aromatic heterocycles. The fourth-order valence-electron chi connectivity index (χ4n) is 3.42. The number of benzene rings is 1. The van der Waals surface area contributed by atoms with Gasteiger partial charge in [-0.2, -0.15) is 0 Å². The Hall–Kier alpha value is -0.440. The average Bonchev–Trinajstić information content (AvgIpc) is 3.35. The predicted molar refractivity (Wildman–Crippen MR) is 88.2 cm³/mol. The zero-order valence-electron chi connectivity index (χ0n) is 11.7. The molecule has 0 atom stereocenters. The molecule has 2 saturated carbocycles. The zero-order chi connectivity index (χ0) is 14.6. The van der Waals surface area contributed by atoms with Crippen molar-refractivity contribution in [1.29, 1.82) is 0 Å². The van der Waals surface area contributed by atoms with Crippen molar-refractivity contribution in [2.45, 2.75) is 38.1 Å². The van der Waals surface area contributed by atoms with Crippen LogP contribution in [0.25, 0.3) is 11.0 Å². The summed E-state index contributed by atoms with van der Waals surface area (Å²) >= 11 is 18.4. The number of nitrogens with zero attached hydrogens (tertiary/aromatic N) is 2. The smallest absolute Gasteiger partial charge is 0.124 e. The molecule has 0 amide bonds. The summed E-state index contributed by atoms with van der Waals surface area (Å²) in [6.45, 7) is 1.02. The molecule has 0 saturated heterocycles. The summed E-state index contributed by atoms with van der Waals surface area (Å²) in [6.07, 6.45) is 5.54. The molecule has 112 valence electrons. The third-order valence-corrected chi connectivity index (χ3v) is 5.80. The Balaban J connectivity index is 1.76. The Morgan fingerprint density at radius 2 is 1.71 bits per heavy atom. The van der Waals surface area contributed by atoms with E-state index in [2.05, 4.69) is 9.55 Å². The first-order valence-electron chi connectivity index (χ1n) is 7.57. The minimum absolute atomic E-state index is 0.423. The number of imidazole rings is 1. The van der Waals surface area contributed by atoms with E-state index in [9.17, 15) is 0 Å². The van der Waals surface area contributed by atoms with Crippen molar-refractivity contribution in [3.63, 3.8) is 0 Å². The van der Waals surface area contributed by atoms with E-state index in [-0.39, 0.29) is 0 Å². The number of fused-ring (bicyclic) bond motifs is 1. The molecule has 2 aliphatic rings. The summed E-state index contributed by atoms with van der Waals surface area (Å²) in [7, 11) is 0. The molecule has 2 nitrogen and oxygen atoms in total. The van der Waals surface area contributed by atoms with Crippen LogP contribution in [-0.4, -0.2) is 9.55 Å². The van der Waals surface area contributed by atoms with Gasteiger partial charge in [-0.15, -0.1) is 11.6 Å². The van der Waals surface area contributed by atoms with Crippen LogP contribution in [0.5, 0.6) is 0 Å². The van der Waals surface area contributed by atoms with E-state index in [1.807, 2.05) is 12.1 Å². The molecule has 0 N–H and O–H groups in total. The normalized spacial score (nSPS) is 18.9. The van der Waals surface area contributed by atoms with E-state index >= 15 is 0 Å². The number of hydrogen-bond donors (Lipinski definition) is 0. The lowest BCUT2D eigenvalue weighted by atomic mass is 9.98. The fraction of sp³-hybridized carbons (Fsp3) is 0.562. The lowest BCUT2D eigenvalue weighted by molar-refractivity contribution is 0.350. The highest BCUT2D eigenvalue weighted by Gasteiger charge is 2.41. The molecular weight excluding hydrogens is 327 g/mol. The van der Waals surface area contributed by atoms with Crippen molar-refractivity contribution in [3.8, 4) is 0 Å². The zero-order valence-corrected chi connectivity index (χ0v) is 13.9. The molecule has 1 aromatic carbocycles. The lowest BCUT2D eigenvalue weighted by Gasteiger charge is -2.18. The number of halogens is 3. The van der Waals surface area contributed by atoms with Crippen molar-refractivity contribution in [3.05, 3.63) is 28.0 Å². The second kappa shape index (κ2) is 5.33. The third-order valence-electron chi connectivity index (χ3n) is 4.84. The first-order valence-corrected chi connectivity index (χ1v) is 8.86. The second-order valence-corrected chi connectivity index (χ2v) is 7.45. The van der Waals surface area contributed by atoms with Crippen LogP contribution in [0, 0.1) is 17.8 Å². The van der Waals surface area contributed by atoms with Gasteiger partial charge in [0.25, 0.3) is 0 Å². The van der Waals surface area contributed by atoms with Crippen molar-refractivity contribution in [1.82, 2.24) is 9.55 Å². The minimum Gasteiger partial charge on any atom is -0.327 e. The van der Waals surface area contributed by atoms with Crippen molar-refractivity contribution in [2.75, 3.05) is 0 Å². The van der Waals surface area contributed by atoms with Gasteiger partial charge in [0.05, 0.1) is 27.0 Å². The van der Waals surface area contributed by atoms with Crippen LogP contribution in [0.4, 0.5) is 0 Å². The Morgan fingerprint density at radius 1 is 1.10 bits per heavy atom. The number of alkyl halides is 1. The molecule has 0 aliphatic heterocycles. The molecule has 2 aliphatic carbocycles. The van der Waals surface area contributed by atoms with Gasteiger partial charge >= 0.3 is 0 Å². The van der Waals surface area contributed by atoms with Crippen molar-refractivity contribution < 1.29 is 0 Å². The first-order chi connectivity index (χ1) is 10.2. The molecule has 21 heavy (non-hydrogen) atoms. The lowest BCUT2D eigenvalue weighted by Crippen LogP contribution is -2.16. The van der Waals surface area contributed by atoms with Crippen LogP contribution in [0.3, 0.4) is 0 Å². The van der Waals surface area contributed by atoms with Gasteiger partial charge in [0.2, 0.25) is 0 Å². The van der Waals surface area contributed by atoms with Crippen molar-refractivity contribution >= 4 is 45.8 Å². The van der Waals surface area contributed by atoms with Gasteiger partial charge in [-0.05, 0) is 55.6 Å². The van der Waals surface area contributed by atoms with Gasteiger partial charge < -0.3 is 4.57 Å². The largest absolute Gasteiger partial charge is 0.327 e. The Kier molecular flexibility index (Phi) is 3.60. The summed E-state index contributed by atoms with van der Waals surface area (Å²) < 4.78 is 2.27. The SMILES string of the molecule is ClCc1nc2cc(Cl)c(Cl)cc2n1CC(C1CC1)C1CC1. The van der Waals surface area contributed by atoms with Gasteiger partial charge in [-0.1, -0.05) is 23.2 Å². The summed E-state index contributed by atoms with van der Waals surface area (Å²) in [5.41, 5.74) is 1.96. The maximum atomic E-state index is 6.19. The van der Waals surface area contributed by atoms with Crippen LogP contribution >= 0.6 is 34.8 Å². The van der Waals surface area contributed by atoms with Gasteiger partial charge in [0.1, 0.15) is 5.82 Å². The minimum atomic E-state index is 0.423. The maximum absolute atomic E-state index is 6.19.